The van der Waals surface area contributed by atoms with Crippen molar-refractivity contribution in [2.75, 3.05) is 19.8 Å². The highest BCUT2D eigenvalue weighted by Crippen LogP contribution is 2.19. The third-order valence-corrected chi connectivity index (χ3v) is 3.06. The second-order valence-corrected chi connectivity index (χ2v) is 4.84. The molecule has 0 aliphatic heterocycles. The second kappa shape index (κ2) is 7.01. The van der Waals surface area contributed by atoms with Gasteiger partial charge < -0.3 is 15.5 Å². The summed E-state index contributed by atoms with van der Waals surface area (Å²) in [4.78, 5) is 0. The molecule has 1 rings (SSSR count). The third kappa shape index (κ3) is 4.22. The maximum absolute atomic E-state index is 8.92. The van der Waals surface area contributed by atoms with Gasteiger partial charge >= 0.3 is 0 Å². The summed E-state index contributed by atoms with van der Waals surface area (Å²) in [7, 11) is 0. The minimum atomic E-state index is -0.227. The summed E-state index contributed by atoms with van der Waals surface area (Å²) < 4.78 is 1.07. The molecule has 3 N–H and O–H groups in total. The summed E-state index contributed by atoms with van der Waals surface area (Å²) in [6.07, 6.45) is 0. The number of halogens is 1. The molecule has 0 aliphatic carbocycles. The Balaban J connectivity index is 2.49. The van der Waals surface area contributed by atoms with E-state index in [9.17, 15) is 0 Å². The van der Waals surface area contributed by atoms with Gasteiger partial charge in [0.15, 0.2) is 0 Å². The summed E-state index contributed by atoms with van der Waals surface area (Å²) in [6, 6.07) is 7.93. The Morgan fingerprint density at radius 3 is 2.56 bits per heavy atom. The van der Waals surface area contributed by atoms with Crippen LogP contribution in [0.1, 0.15) is 18.4 Å². The number of hydrogen-bond donors (Lipinski definition) is 3. The van der Waals surface area contributed by atoms with Gasteiger partial charge in [0.1, 0.15) is 0 Å². The van der Waals surface area contributed by atoms with Gasteiger partial charge in [-0.3, -0.25) is 0 Å². The number of hydrogen-bond acceptors (Lipinski definition) is 3. The van der Waals surface area contributed by atoms with Crippen molar-refractivity contribution < 1.29 is 10.2 Å². The van der Waals surface area contributed by atoms with E-state index in [1.165, 1.54) is 5.56 Å². The van der Waals surface area contributed by atoms with Crippen LogP contribution in [0.2, 0.25) is 0 Å². The molecule has 0 aliphatic rings. The lowest BCUT2D eigenvalue weighted by molar-refractivity contribution is 0.170. The lowest BCUT2D eigenvalue weighted by Gasteiger charge is -2.18. The largest absolute Gasteiger partial charge is 0.395 e. The van der Waals surface area contributed by atoms with Gasteiger partial charge in [-0.25, -0.2) is 0 Å². The van der Waals surface area contributed by atoms with Crippen molar-refractivity contribution in [2.24, 2.45) is 0 Å². The number of benzene rings is 1. The van der Waals surface area contributed by atoms with Crippen molar-refractivity contribution in [3.8, 4) is 0 Å². The summed E-state index contributed by atoms with van der Waals surface area (Å²) >= 11 is 3.44. The summed E-state index contributed by atoms with van der Waals surface area (Å²) in [5.41, 5.74) is 1.23. The fourth-order valence-corrected chi connectivity index (χ4v) is 1.88. The van der Waals surface area contributed by atoms with Gasteiger partial charge in [-0.05, 0) is 23.6 Å². The standard InChI is InChI=1S/C12H18BrNO2/c1-9(6-14-12(7-15)8-16)10-3-2-4-11(13)5-10/h2-5,9,12,14-16H,6-8H2,1H3. The molecule has 0 fully saturated rings. The summed E-state index contributed by atoms with van der Waals surface area (Å²) in [6.45, 7) is 2.77. The molecule has 0 spiro atoms. The molecule has 1 atom stereocenters. The molecule has 0 radical (unpaired) electrons. The van der Waals surface area contributed by atoms with Gasteiger partial charge in [-0.15, -0.1) is 0 Å². The predicted molar refractivity (Wildman–Crippen MR) is 68.5 cm³/mol. The molecule has 0 bridgehead atoms. The minimum Gasteiger partial charge on any atom is -0.395 e. The Labute approximate surface area is 105 Å². The fraction of sp³-hybridized carbons (Fsp3) is 0.500. The Morgan fingerprint density at radius 2 is 2.00 bits per heavy atom. The first-order valence-electron chi connectivity index (χ1n) is 5.38. The Kier molecular flexibility index (Phi) is 5.98. The zero-order valence-electron chi connectivity index (χ0n) is 9.36. The van der Waals surface area contributed by atoms with Crippen LogP contribution in [0.3, 0.4) is 0 Å². The monoisotopic (exact) mass is 287 g/mol. The lowest BCUT2D eigenvalue weighted by atomic mass is 10.0. The van der Waals surface area contributed by atoms with E-state index >= 15 is 0 Å². The highest BCUT2D eigenvalue weighted by atomic mass is 79.9. The summed E-state index contributed by atoms with van der Waals surface area (Å²) in [5, 5.41) is 21.0. The molecule has 0 amide bonds. The molecule has 4 heteroatoms. The van der Waals surface area contributed by atoms with Gasteiger partial charge in [-0.2, -0.15) is 0 Å². The molecule has 3 nitrogen and oxygen atoms in total. The minimum absolute atomic E-state index is 0.0400. The Morgan fingerprint density at radius 1 is 1.31 bits per heavy atom. The average molecular weight is 288 g/mol. The van der Waals surface area contributed by atoms with Crippen LogP contribution in [-0.2, 0) is 0 Å². The maximum atomic E-state index is 8.92. The fourth-order valence-electron chi connectivity index (χ4n) is 1.46. The van der Waals surface area contributed by atoms with Crippen molar-refractivity contribution in [1.29, 1.82) is 0 Å². The first-order chi connectivity index (χ1) is 7.67. The molecule has 0 saturated heterocycles. The molecule has 1 unspecified atom stereocenters. The van der Waals surface area contributed by atoms with Crippen LogP contribution in [0.4, 0.5) is 0 Å². The predicted octanol–water partition coefficient (Wildman–Crippen LogP) is 1.50. The first kappa shape index (κ1) is 13.6. The van der Waals surface area contributed by atoms with E-state index in [1.807, 2.05) is 12.1 Å². The first-order valence-corrected chi connectivity index (χ1v) is 6.17. The maximum Gasteiger partial charge on any atom is 0.0607 e. The molecule has 1 aromatic rings. The topological polar surface area (TPSA) is 52.5 Å². The lowest BCUT2D eigenvalue weighted by Crippen LogP contribution is -2.37. The Hall–Kier alpha value is -0.420. The number of aliphatic hydroxyl groups excluding tert-OH is 2. The molecule has 1 aromatic carbocycles. The zero-order chi connectivity index (χ0) is 12.0. The number of rotatable bonds is 6. The molecule has 90 valence electrons. The van der Waals surface area contributed by atoms with Gasteiger partial charge in [-0.1, -0.05) is 35.0 Å². The van der Waals surface area contributed by atoms with Crippen LogP contribution in [0.15, 0.2) is 28.7 Å². The average Bonchev–Trinajstić information content (AvgIpc) is 2.30. The van der Waals surface area contributed by atoms with E-state index in [0.717, 1.165) is 11.0 Å². The van der Waals surface area contributed by atoms with Crippen LogP contribution in [0.5, 0.6) is 0 Å². The number of aliphatic hydroxyl groups is 2. The Bertz CT molecular complexity index is 316. The van der Waals surface area contributed by atoms with Gasteiger partial charge in [0.05, 0.1) is 19.3 Å². The van der Waals surface area contributed by atoms with Gasteiger partial charge in [0, 0.05) is 11.0 Å². The highest BCUT2D eigenvalue weighted by Gasteiger charge is 2.09. The van der Waals surface area contributed by atoms with E-state index < -0.39 is 0 Å². The van der Waals surface area contributed by atoms with Crippen LogP contribution in [0.25, 0.3) is 0 Å². The number of nitrogens with one attached hydrogen (secondary N) is 1. The van der Waals surface area contributed by atoms with E-state index in [2.05, 4.69) is 40.3 Å². The highest BCUT2D eigenvalue weighted by molar-refractivity contribution is 9.10. The van der Waals surface area contributed by atoms with Crippen LogP contribution >= 0.6 is 15.9 Å². The quantitative estimate of drug-likeness (QED) is 0.743. The van der Waals surface area contributed by atoms with Crippen molar-refractivity contribution in [1.82, 2.24) is 5.32 Å². The van der Waals surface area contributed by atoms with Crippen LogP contribution in [0, 0.1) is 0 Å². The van der Waals surface area contributed by atoms with Crippen molar-refractivity contribution in [2.45, 2.75) is 18.9 Å². The molecular formula is C12H18BrNO2. The summed E-state index contributed by atoms with van der Waals surface area (Å²) in [5.74, 6) is 0.345. The van der Waals surface area contributed by atoms with E-state index in [1.54, 1.807) is 0 Å². The van der Waals surface area contributed by atoms with Crippen molar-refractivity contribution >= 4 is 15.9 Å². The molecule has 0 saturated carbocycles. The van der Waals surface area contributed by atoms with E-state index in [0.29, 0.717) is 5.92 Å². The van der Waals surface area contributed by atoms with Crippen molar-refractivity contribution in [3.63, 3.8) is 0 Å². The molecular weight excluding hydrogens is 270 g/mol. The van der Waals surface area contributed by atoms with Crippen molar-refractivity contribution in [3.05, 3.63) is 34.3 Å². The zero-order valence-corrected chi connectivity index (χ0v) is 10.9. The molecule has 16 heavy (non-hydrogen) atoms. The molecule has 0 aromatic heterocycles. The smallest absolute Gasteiger partial charge is 0.0607 e. The van der Waals surface area contributed by atoms with Crippen LogP contribution in [-0.4, -0.2) is 36.0 Å². The van der Waals surface area contributed by atoms with E-state index in [4.69, 9.17) is 10.2 Å². The van der Waals surface area contributed by atoms with Crippen LogP contribution < -0.4 is 5.32 Å². The normalized spacial score (nSPS) is 13.1. The van der Waals surface area contributed by atoms with E-state index in [-0.39, 0.29) is 19.3 Å². The third-order valence-electron chi connectivity index (χ3n) is 2.57. The molecule has 0 heterocycles. The SMILES string of the molecule is CC(CNC(CO)CO)c1cccc(Br)c1. The second-order valence-electron chi connectivity index (χ2n) is 3.93. The van der Waals surface area contributed by atoms with Gasteiger partial charge in [0.2, 0.25) is 0 Å². The van der Waals surface area contributed by atoms with Gasteiger partial charge in [0.25, 0.3) is 0 Å².